The molecule has 0 amide bonds. The Hall–Kier alpha value is -1.05. The third kappa shape index (κ3) is 4.49. The van der Waals surface area contributed by atoms with Gasteiger partial charge >= 0.3 is 0 Å². The number of hydrogen-bond acceptors (Lipinski definition) is 3. The van der Waals surface area contributed by atoms with Gasteiger partial charge in [-0.15, -0.1) is 24.0 Å². The first-order valence-electron chi connectivity index (χ1n) is 8.24. The number of likely N-dealkylation sites (tertiary alicyclic amines) is 1. The molecular formula is C17H27IN4O. The topological polar surface area (TPSA) is 49.8 Å². The monoisotopic (exact) mass is 430 g/mol. The molecule has 0 radical (unpaired) electrons. The van der Waals surface area contributed by atoms with Crippen molar-refractivity contribution >= 4 is 29.9 Å². The van der Waals surface area contributed by atoms with Gasteiger partial charge in [0.15, 0.2) is 5.96 Å². The fourth-order valence-electron chi connectivity index (χ4n) is 3.76. The van der Waals surface area contributed by atoms with E-state index in [1.54, 1.807) is 13.3 Å². The minimum Gasteiger partial charge on any atom is -0.481 e. The summed E-state index contributed by atoms with van der Waals surface area (Å²) in [5, 5.41) is 3.48. The van der Waals surface area contributed by atoms with Crippen LogP contribution in [0.15, 0.2) is 23.3 Å². The van der Waals surface area contributed by atoms with Crippen LogP contribution < -0.4 is 10.1 Å². The molecule has 2 fully saturated rings. The molecule has 0 spiro atoms. The Kier molecular flexibility index (Phi) is 6.92. The molecule has 1 aromatic heterocycles. The molecule has 0 bridgehead atoms. The number of pyridine rings is 1. The molecule has 2 heterocycles. The number of fused-ring (bicyclic) bond motifs is 1. The third-order valence-corrected chi connectivity index (χ3v) is 4.95. The molecule has 1 saturated carbocycles. The van der Waals surface area contributed by atoms with Gasteiger partial charge in [-0.25, -0.2) is 4.98 Å². The molecule has 1 aliphatic heterocycles. The van der Waals surface area contributed by atoms with Crippen molar-refractivity contribution in [3.05, 3.63) is 23.9 Å². The van der Waals surface area contributed by atoms with Gasteiger partial charge in [-0.3, -0.25) is 4.99 Å². The smallest absolute Gasteiger partial charge is 0.213 e. The van der Waals surface area contributed by atoms with Gasteiger partial charge in [-0.1, -0.05) is 12.8 Å². The third-order valence-electron chi connectivity index (χ3n) is 4.95. The van der Waals surface area contributed by atoms with Crippen LogP contribution in [0, 0.1) is 11.8 Å². The summed E-state index contributed by atoms with van der Waals surface area (Å²) in [6.07, 6.45) is 7.36. The van der Waals surface area contributed by atoms with E-state index >= 15 is 0 Å². The number of rotatable bonds is 3. The number of nitrogens with one attached hydrogen (secondary N) is 1. The first-order valence-corrected chi connectivity index (χ1v) is 8.24. The molecule has 0 aromatic carbocycles. The second-order valence-corrected chi connectivity index (χ2v) is 6.32. The summed E-state index contributed by atoms with van der Waals surface area (Å²) in [5.41, 5.74) is 1.16. The first-order chi connectivity index (χ1) is 10.8. The standard InChI is InChI=1S/C17H26N4O.HI/c1-18-17(20-10-13-7-8-19-16(9-13)22-2)21-11-14-5-3-4-6-15(14)12-21;/h7-9,14-15H,3-6,10-12H2,1-2H3,(H,18,20);1H. The number of aromatic nitrogens is 1. The summed E-state index contributed by atoms with van der Waals surface area (Å²) in [4.78, 5) is 11.0. The molecule has 6 heteroatoms. The highest BCUT2D eigenvalue weighted by Crippen LogP contribution is 2.35. The van der Waals surface area contributed by atoms with E-state index in [1.165, 1.54) is 25.7 Å². The van der Waals surface area contributed by atoms with Crippen molar-refractivity contribution in [2.75, 3.05) is 27.2 Å². The molecule has 3 rings (SSSR count). The molecule has 2 atom stereocenters. The minimum atomic E-state index is 0. The van der Waals surface area contributed by atoms with Crippen LogP contribution in [0.3, 0.4) is 0 Å². The maximum absolute atomic E-state index is 5.17. The lowest BCUT2D eigenvalue weighted by molar-refractivity contribution is 0.299. The van der Waals surface area contributed by atoms with Gasteiger partial charge in [0, 0.05) is 38.9 Å². The summed E-state index contributed by atoms with van der Waals surface area (Å²) in [6, 6.07) is 3.97. The second kappa shape index (κ2) is 8.70. The van der Waals surface area contributed by atoms with E-state index < -0.39 is 0 Å². The Bertz CT molecular complexity index is 523. The largest absolute Gasteiger partial charge is 0.481 e. The zero-order valence-corrected chi connectivity index (χ0v) is 16.3. The van der Waals surface area contributed by atoms with Gasteiger partial charge in [0.25, 0.3) is 0 Å². The van der Waals surface area contributed by atoms with Crippen LogP contribution in [0.5, 0.6) is 5.88 Å². The van der Waals surface area contributed by atoms with Gasteiger partial charge in [-0.05, 0) is 36.3 Å². The second-order valence-electron chi connectivity index (χ2n) is 6.32. The van der Waals surface area contributed by atoms with Crippen LogP contribution in [-0.4, -0.2) is 43.1 Å². The highest BCUT2D eigenvalue weighted by molar-refractivity contribution is 14.0. The molecule has 5 nitrogen and oxygen atoms in total. The predicted octanol–water partition coefficient (Wildman–Crippen LogP) is 2.91. The highest BCUT2D eigenvalue weighted by Gasteiger charge is 2.35. The molecular weight excluding hydrogens is 403 g/mol. The number of halogens is 1. The van der Waals surface area contributed by atoms with Gasteiger partial charge < -0.3 is 15.0 Å². The number of ether oxygens (including phenoxy) is 1. The summed E-state index contributed by atoms with van der Waals surface area (Å²) in [7, 11) is 3.52. The molecule has 128 valence electrons. The summed E-state index contributed by atoms with van der Waals surface area (Å²) < 4.78 is 5.17. The number of methoxy groups -OCH3 is 1. The average molecular weight is 430 g/mol. The lowest BCUT2D eigenvalue weighted by atomic mass is 9.82. The summed E-state index contributed by atoms with van der Waals surface area (Å²) in [6.45, 7) is 3.06. The van der Waals surface area contributed by atoms with Crippen molar-refractivity contribution in [3.63, 3.8) is 0 Å². The van der Waals surface area contributed by atoms with Gasteiger partial charge in [-0.2, -0.15) is 0 Å². The maximum atomic E-state index is 5.17. The molecule has 23 heavy (non-hydrogen) atoms. The van der Waals surface area contributed by atoms with Crippen molar-refractivity contribution in [3.8, 4) is 5.88 Å². The Balaban J connectivity index is 0.00000192. The van der Waals surface area contributed by atoms with E-state index in [0.29, 0.717) is 5.88 Å². The summed E-state index contributed by atoms with van der Waals surface area (Å²) >= 11 is 0. The molecule has 1 saturated heterocycles. The number of guanidine groups is 1. The van der Waals surface area contributed by atoms with E-state index in [9.17, 15) is 0 Å². The average Bonchev–Trinajstić information content (AvgIpc) is 2.99. The summed E-state index contributed by atoms with van der Waals surface area (Å²) in [5.74, 6) is 3.41. The SMILES string of the molecule is CN=C(NCc1ccnc(OC)c1)N1CC2CCCCC2C1.I. The molecule has 2 unspecified atom stereocenters. The first kappa shape index (κ1) is 18.3. The van der Waals surface area contributed by atoms with Crippen LogP contribution in [0.4, 0.5) is 0 Å². The molecule has 2 aliphatic rings. The van der Waals surface area contributed by atoms with Crippen molar-refractivity contribution < 1.29 is 4.74 Å². The van der Waals surface area contributed by atoms with Crippen molar-refractivity contribution in [2.45, 2.75) is 32.2 Å². The maximum Gasteiger partial charge on any atom is 0.213 e. The normalized spacial score (nSPS) is 23.9. The minimum absolute atomic E-state index is 0. The molecule has 1 aromatic rings. The van der Waals surface area contributed by atoms with E-state index in [-0.39, 0.29) is 24.0 Å². The van der Waals surface area contributed by atoms with E-state index in [2.05, 4.69) is 20.2 Å². The predicted molar refractivity (Wildman–Crippen MR) is 103 cm³/mol. The number of nitrogens with zero attached hydrogens (tertiary/aromatic N) is 3. The van der Waals surface area contributed by atoms with E-state index in [1.807, 2.05) is 19.2 Å². The highest BCUT2D eigenvalue weighted by atomic mass is 127. The Morgan fingerprint density at radius 3 is 2.65 bits per heavy atom. The number of aliphatic imine (C=N–C) groups is 1. The lowest BCUT2D eigenvalue weighted by Crippen LogP contribution is -2.39. The molecule has 1 N–H and O–H groups in total. The van der Waals surface area contributed by atoms with Crippen LogP contribution in [0.25, 0.3) is 0 Å². The fraction of sp³-hybridized carbons (Fsp3) is 0.647. The van der Waals surface area contributed by atoms with Crippen LogP contribution >= 0.6 is 24.0 Å². The van der Waals surface area contributed by atoms with Gasteiger partial charge in [0.2, 0.25) is 5.88 Å². The van der Waals surface area contributed by atoms with Crippen molar-refractivity contribution in [1.82, 2.24) is 15.2 Å². The van der Waals surface area contributed by atoms with Gasteiger partial charge in [0.05, 0.1) is 7.11 Å². The van der Waals surface area contributed by atoms with Gasteiger partial charge in [0.1, 0.15) is 0 Å². The lowest BCUT2D eigenvalue weighted by Gasteiger charge is -2.22. The van der Waals surface area contributed by atoms with Crippen LogP contribution in [0.2, 0.25) is 0 Å². The Labute approximate surface area is 155 Å². The van der Waals surface area contributed by atoms with Crippen molar-refractivity contribution in [2.24, 2.45) is 16.8 Å². The van der Waals surface area contributed by atoms with Crippen LogP contribution in [-0.2, 0) is 6.54 Å². The Morgan fingerprint density at radius 1 is 1.35 bits per heavy atom. The molecule has 1 aliphatic carbocycles. The van der Waals surface area contributed by atoms with E-state index in [0.717, 1.165) is 43.0 Å². The van der Waals surface area contributed by atoms with Crippen molar-refractivity contribution in [1.29, 1.82) is 0 Å². The quantitative estimate of drug-likeness (QED) is 0.455. The van der Waals surface area contributed by atoms with E-state index in [4.69, 9.17) is 4.74 Å². The fourth-order valence-corrected chi connectivity index (χ4v) is 3.76. The number of hydrogen-bond donors (Lipinski definition) is 1. The van der Waals surface area contributed by atoms with Crippen LogP contribution in [0.1, 0.15) is 31.2 Å². The Morgan fingerprint density at radius 2 is 2.04 bits per heavy atom. The zero-order valence-electron chi connectivity index (χ0n) is 14.0. The zero-order chi connectivity index (χ0) is 15.4.